The van der Waals surface area contributed by atoms with Crippen molar-refractivity contribution < 1.29 is 32.5 Å². The molecule has 2 rings (SSSR count). The Kier molecular flexibility index (Phi) is 37.2. The fourth-order valence-electron chi connectivity index (χ4n) is 3.21. The number of carbonyl (C=O) groups is 3. The van der Waals surface area contributed by atoms with E-state index >= 15 is 0 Å². The van der Waals surface area contributed by atoms with E-state index in [2.05, 4.69) is 75.9 Å². The topological polar surface area (TPSA) is 119 Å². The number of amides is 2. The second-order valence-electron chi connectivity index (χ2n) is 8.95. The van der Waals surface area contributed by atoms with Crippen LogP contribution in [-0.4, -0.2) is 75.4 Å². The largest absolute Gasteiger partial charge is 0.416 e. The van der Waals surface area contributed by atoms with Crippen LogP contribution in [0, 0.1) is 6.92 Å². The number of alkyl halides is 6. The third-order valence-electron chi connectivity index (χ3n) is 5.27. The maximum absolute atomic E-state index is 11.9. The Hall–Kier alpha value is -2.96. The number of pyridine rings is 1. The zero-order valence-corrected chi connectivity index (χ0v) is 30.7. The van der Waals surface area contributed by atoms with E-state index in [1.807, 2.05) is 19.1 Å². The summed E-state index contributed by atoms with van der Waals surface area (Å²) in [6.07, 6.45) is 9.44. The number of hydrogen-bond donors (Lipinski definition) is 3. The molecule has 0 aliphatic rings. The van der Waals surface area contributed by atoms with E-state index in [-0.39, 0.29) is 31.2 Å². The molecule has 0 atom stereocenters. The number of allylic oxidation sites excluding steroid dienone is 1. The molecule has 0 saturated carbocycles. The molecule has 0 bridgehead atoms. The minimum atomic E-state index is -4.21. The van der Waals surface area contributed by atoms with Crippen LogP contribution in [-0.2, 0) is 20.6 Å². The van der Waals surface area contributed by atoms with Crippen LogP contribution in [0.25, 0.3) is 12.2 Å². The van der Waals surface area contributed by atoms with Gasteiger partial charge in [0.2, 0.25) is 17.5 Å². The zero-order chi connectivity index (χ0) is 37.3. The number of nitrogens with one attached hydrogen (secondary N) is 3. The van der Waals surface area contributed by atoms with E-state index in [9.17, 15) is 27.6 Å². The lowest BCUT2D eigenvalue weighted by molar-refractivity contribution is -0.380. The number of nitrogens with two attached hydrogens (primary N) is 1. The predicted octanol–water partition coefficient (Wildman–Crippen LogP) is 7.08. The normalized spacial score (nSPS) is 9.68. The van der Waals surface area contributed by atoms with Crippen molar-refractivity contribution in [3.05, 3.63) is 71.6 Å². The minimum absolute atomic E-state index is 0.0873. The van der Waals surface area contributed by atoms with Gasteiger partial charge in [-0.05, 0) is 52.1 Å². The molecule has 0 fully saturated rings. The van der Waals surface area contributed by atoms with Crippen molar-refractivity contribution in [1.82, 2.24) is 10.2 Å². The number of aromatic amines is 1. The van der Waals surface area contributed by atoms with Crippen molar-refractivity contribution >= 4 is 70.7 Å². The summed E-state index contributed by atoms with van der Waals surface area (Å²) in [5, 5.41) is 5.13. The number of aromatic nitrogens is 1. The molecular weight excluding hydrogens is 678 g/mol. The second-order valence-corrected chi connectivity index (χ2v) is 8.95. The molecule has 268 valence electrons. The van der Waals surface area contributed by atoms with Gasteiger partial charge in [0.05, 0.1) is 12.1 Å². The summed E-state index contributed by atoms with van der Waals surface area (Å²) >= 11 is 13.9. The molecule has 2 amide bonds. The molecule has 0 saturated heterocycles. The first kappa shape index (κ1) is 50.9. The Labute approximate surface area is 293 Å². The van der Waals surface area contributed by atoms with Gasteiger partial charge in [-0.1, -0.05) is 43.4 Å². The highest BCUT2D eigenvalue weighted by molar-refractivity contribution is 6.15. The lowest BCUT2D eigenvalue weighted by atomic mass is 10.1. The van der Waals surface area contributed by atoms with Crippen LogP contribution in [0.4, 0.5) is 18.9 Å². The molecule has 0 unspecified atom stereocenters. The molecule has 0 aliphatic heterocycles. The summed E-state index contributed by atoms with van der Waals surface area (Å²) in [6, 6.07) is 6.86. The van der Waals surface area contributed by atoms with Crippen LogP contribution < -0.4 is 21.4 Å². The van der Waals surface area contributed by atoms with Gasteiger partial charge in [0.25, 0.3) is 0 Å². The number of aryl methyl sites for hydroxylation is 1. The third kappa shape index (κ3) is 29.0. The highest BCUT2D eigenvalue weighted by Gasteiger charge is 2.29. The highest BCUT2D eigenvalue weighted by Crippen LogP contribution is 2.28. The number of rotatable bonds is 12. The molecule has 1 aromatic carbocycles. The van der Waals surface area contributed by atoms with Crippen LogP contribution >= 0.6 is 34.8 Å². The van der Waals surface area contributed by atoms with Crippen molar-refractivity contribution in [2.75, 3.05) is 57.7 Å². The van der Waals surface area contributed by atoms with E-state index in [0.29, 0.717) is 12.0 Å². The summed E-state index contributed by atoms with van der Waals surface area (Å²) in [7, 11) is 2.09. The Morgan fingerprint density at radius 1 is 1.04 bits per heavy atom. The number of hydrogen-bond acceptors (Lipinski definition) is 5. The Balaban J connectivity index is -0.000000308. The van der Waals surface area contributed by atoms with Crippen LogP contribution in [0.15, 0.2) is 49.2 Å². The number of likely N-dealkylation sites (N-methyl/N-ethyl adjacent to an activating group) is 1. The molecular formula is C33H52Cl3F3N5O3+. The number of carbonyl (C=O) groups excluding carboxylic acids is 3. The first-order chi connectivity index (χ1) is 22.4. The summed E-state index contributed by atoms with van der Waals surface area (Å²) in [6.45, 7) is 12.4. The maximum atomic E-state index is 11.9. The van der Waals surface area contributed by atoms with Gasteiger partial charge in [-0.15, -0.1) is 34.8 Å². The number of aldehydes is 1. The molecule has 0 aliphatic carbocycles. The average Bonchev–Trinajstić information content (AvgIpc) is 3.06. The fourth-order valence-corrected chi connectivity index (χ4v) is 3.21. The van der Waals surface area contributed by atoms with Crippen LogP contribution in [0.5, 0.6) is 0 Å². The Morgan fingerprint density at radius 3 is 2.06 bits per heavy atom. The van der Waals surface area contributed by atoms with Crippen molar-refractivity contribution in [3.8, 4) is 0 Å². The predicted molar refractivity (Wildman–Crippen MR) is 193 cm³/mol. The summed E-state index contributed by atoms with van der Waals surface area (Å²) in [5.41, 5.74) is 7.88. The van der Waals surface area contributed by atoms with E-state index in [1.165, 1.54) is 37.7 Å². The maximum Gasteiger partial charge on any atom is 0.416 e. The SMILES string of the molecule is C=Cc1[nH+]cc(NC(=O)CNC(=O)CCC=O)cc1/C=C\C.CCCN(C)CCN.CCl.CCl.CCl.Cc1ccc(C(F)(F)F)cc1. The molecule has 0 radical (unpaired) electrons. The molecule has 8 nitrogen and oxygen atoms in total. The zero-order valence-electron chi connectivity index (χ0n) is 28.4. The first-order valence-corrected chi connectivity index (χ1v) is 16.6. The van der Waals surface area contributed by atoms with E-state index < -0.39 is 11.7 Å². The number of anilines is 1. The molecule has 1 aromatic heterocycles. The van der Waals surface area contributed by atoms with Crippen molar-refractivity contribution in [2.24, 2.45) is 5.73 Å². The summed E-state index contributed by atoms with van der Waals surface area (Å²) in [5.74, 6) is -0.670. The van der Waals surface area contributed by atoms with E-state index in [4.69, 9.17) is 5.73 Å². The van der Waals surface area contributed by atoms with Crippen molar-refractivity contribution in [3.63, 3.8) is 0 Å². The van der Waals surface area contributed by atoms with Crippen molar-refractivity contribution in [2.45, 2.75) is 46.2 Å². The van der Waals surface area contributed by atoms with Crippen LogP contribution in [0.1, 0.15) is 55.5 Å². The lowest BCUT2D eigenvalue weighted by Gasteiger charge is -2.12. The molecule has 1 heterocycles. The van der Waals surface area contributed by atoms with Gasteiger partial charge in [-0.25, -0.2) is 4.98 Å². The van der Waals surface area contributed by atoms with Crippen molar-refractivity contribution in [1.29, 1.82) is 0 Å². The quantitative estimate of drug-likeness (QED) is 0.160. The monoisotopic (exact) mass is 728 g/mol. The van der Waals surface area contributed by atoms with Gasteiger partial charge in [0.1, 0.15) is 12.0 Å². The fraction of sp³-hybridized carbons (Fsp3) is 0.455. The van der Waals surface area contributed by atoms with Gasteiger partial charge in [0, 0.05) is 56.7 Å². The van der Waals surface area contributed by atoms with Gasteiger partial charge in [-0.3, -0.25) is 9.59 Å². The molecule has 14 heteroatoms. The van der Waals surface area contributed by atoms with E-state index in [0.717, 1.165) is 48.6 Å². The van der Waals surface area contributed by atoms with Crippen LogP contribution in [0.2, 0.25) is 0 Å². The average molecular weight is 730 g/mol. The minimum Gasteiger partial charge on any atom is -0.347 e. The number of halogens is 6. The first-order valence-electron chi connectivity index (χ1n) is 14.4. The van der Waals surface area contributed by atoms with Crippen LogP contribution in [0.3, 0.4) is 0 Å². The van der Waals surface area contributed by atoms with E-state index in [1.54, 1.807) is 25.3 Å². The standard InChI is InChI=1S/C16H19N3O3.C8H7F3.C6H16N2.3CH3Cl/c1-3-6-12-9-13(10-17-14(12)4-2)19-16(22)11-18-15(21)7-5-8-20;1-6-2-4-7(5-3-6)8(9,10)11;1-3-5-8(2)6-4-7;3*1-2/h3-4,6,8-10H,2,5,7,11H2,1H3,(H,18,21)(H,19,22);2-5H,1H3;3-7H2,1-2H3;3*1H3/p+1/b6-3-;;;;;. The lowest BCUT2D eigenvalue weighted by Crippen LogP contribution is -2.33. The number of nitrogens with zero attached hydrogens (tertiary/aromatic N) is 1. The molecule has 5 N–H and O–H groups in total. The highest BCUT2D eigenvalue weighted by atomic mass is 35.5. The number of H-pyrrole nitrogens is 1. The molecule has 0 spiro atoms. The Morgan fingerprint density at radius 2 is 1.62 bits per heavy atom. The molecule has 2 aromatic rings. The van der Waals surface area contributed by atoms with Gasteiger partial charge < -0.3 is 26.1 Å². The van der Waals surface area contributed by atoms with Gasteiger partial charge >= 0.3 is 6.18 Å². The summed E-state index contributed by atoms with van der Waals surface area (Å²) < 4.78 is 35.8. The molecule has 47 heavy (non-hydrogen) atoms. The van der Waals surface area contributed by atoms with Gasteiger partial charge in [-0.2, -0.15) is 13.2 Å². The third-order valence-corrected chi connectivity index (χ3v) is 5.27. The van der Waals surface area contributed by atoms with Gasteiger partial charge in [0.15, 0.2) is 6.20 Å². The smallest absolute Gasteiger partial charge is 0.347 e. The second kappa shape index (κ2) is 34.4. The number of benzene rings is 1. The summed E-state index contributed by atoms with van der Waals surface area (Å²) in [4.78, 5) is 38.5. The Bertz CT molecular complexity index is 1110.